The van der Waals surface area contributed by atoms with Crippen LogP contribution in [-0.2, 0) is 9.53 Å². The van der Waals surface area contributed by atoms with E-state index in [1.54, 1.807) is 20.8 Å². The number of nitro groups is 1. The molecule has 0 bridgehead atoms. The highest BCUT2D eigenvalue weighted by atomic mass is 16.6. The third-order valence-electron chi connectivity index (χ3n) is 2.47. The molecule has 3 N–H and O–H groups in total. The molecular formula is C13H16N2O6. The van der Waals surface area contributed by atoms with E-state index in [2.05, 4.69) is 0 Å². The van der Waals surface area contributed by atoms with Crippen molar-refractivity contribution in [2.75, 3.05) is 0 Å². The molecule has 0 saturated carbocycles. The van der Waals surface area contributed by atoms with Crippen LogP contribution in [0.25, 0.3) is 0 Å². The van der Waals surface area contributed by atoms with Crippen molar-refractivity contribution in [3.8, 4) is 0 Å². The number of ether oxygens (including phenoxy) is 1. The van der Waals surface area contributed by atoms with E-state index in [9.17, 15) is 19.7 Å². The molecule has 8 heteroatoms. The molecule has 0 aliphatic heterocycles. The Morgan fingerprint density at radius 2 is 1.95 bits per heavy atom. The number of aromatic carboxylic acids is 1. The lowest BCUT2D eigenvalue weighted by Crippen LogP contribution is -2.31. The van der Waals surface area contributed by atoms with Crippen LogP contribution in [0.4, 0.5) is 5.69 Å². The van der Waals surface area contributed by atoms with E-state index in [-0.39, 0.29) is 5.56 Å². The summed E-state index contributed by atoms with van der Waals surface area (Å²) in [6.07, 6.45) is 0. The first-order valence-electron chi connectivity index (χ1n) is 6.03. The van der Waals surface area contributed by atoms with E-state index in [4.69, 9.17) is 15.6 Å². The van der Waals surface area contributed by atoms with Crippen molar-refractivity contribution in [2.45, 2.75) is 32.4 Å². The lowest BCUT2D eigenvalue weighted by Gasteiger charge is -2.22. The maximum absolute atomic E-state index is 11.8. The predicted octanol–water partition coefficient (Wildman–Crippen LogP) is 1.63. The van der Waals surface area contributed by atoms with Gasteiger partial charge in [-0.25, -0.2) is 9.59 Å². The molecular weight excluding hydrogens is 280 g/mol. The van der Waals surface area contributed by atoms with Gasteiger partial charge >= 0.3 is 11.9 Å². The molecule has 8 nitrogen and oxygen atoms in total. The Morgan fingerprint density at radius 1 is 1.38 bits per heavy atom. The lowest BCUT2D eigenvalue weighted by molar-refractivity contribution is -0.385. The third kappa shape index (κ3) is 4.25. The van der Waals surface area contributed by atoms with Gasteiger partial charge in [-0.2, -0.15) is 0 Å². The molecule has 0 aromatic heterocycles. The predicted molar refractivity (Wildman–Crippen MR) is 72.8 cm³/mol. The number of esters is 1. The summed E-state index contributed by atoms with van der Waals surface area (Å²) in [5.41, 5.74) is 3.96. The van der Waals surface area contributed by atoms with Gasteiger partial charge in [-0.3, -0.25) is 10.1 Å². The molecule has 1 aromatic carbocycles. The van der Waals surface area contributed by atoms with Gasteiger partial charge in [0.25, 0.3) is 5.69 Å². The second-order valence-corrected chi connectivity index (χ2v) is 5.35. The van der Waals surface area contributed by atoms with Gasteiger partial charge in [-0.05, 0) is 32.4 Å². The Kier molecular flexibility index (Phi) is 4.64. The molecule has 0 aliphatic rings. The number of benzene rings is 1. The third-order valence-corrected chi connectivity index (χ3v) is 2.47. The van der Waals surface area contributed by atoms with Crippen molar-refractivity contribution in [1.82, 2.24) is 0 Å². The quantitative estimate of drug-likeness (QED) is 0.490. The van der Waals surface area contributed by atoms with Gasteiger partial charge in [-0.1, -0.05) is 6.07 Å². The van der Waals surface area contributed by atoms with Crippen LogP contribution < -0.4 is 5.73 Å². The standard InChI is InChI=1S/C13H16N2O6/c1-13(2,3)21-12(18)10(14)7-4-5-8(11(16)17)9(6-7)15(19)20/h4-6,10H,14H2,1-3H3,(H,16,17). The van der Waals surface area contributed by atoms with Crippen LogP contribution in [0.3, 0.4) is 0 Å². The highest BCUT2D eigenvalue weighted by molar-refractivity contribution is 5.92. The Labute approximate surface area is 120 Å². The number of carboxylic acids is 1. The van der Waals surface area contributed by atoms with Crippen LogP contribution >= 0.6 is 0 Å². The van der Waals surface area contributed by atoms with Crippen LogP contribution in [0.2, 0.25) is 0 Å². The second kappa shape index (κ2) is 5.88. The number of nitro benzene ring substituents is 1. The minimum absolute atomic E-state index is 0.112. The summed E-state index contributed by atoms with van der Waals surface area (Å²) in [5, 5.41) is 19.8. The molecule has 0 saturated heterocycles. The molecule has 0 radical (unpaired) electrons. The normalized spacial score (nSPS) is 12.6. The minimum Gasteiger partial charge on any atom is -0.477 e. The van der Waals surface area contributed by atoms with Gasteiger partial charge in [0.1, 0.15) is 17.2 Å². The molecule has 0 spiro atoms. The highest BCUT2D eigenvalue weighted by Crippen LogP contribution is 2.24. The fourth-order valence-corrected chi connectivity index (χ4v) is 1.58. The largest absolute Gasteiger partial charge is 0.477 e. The molecule has 0 heterocycles. The van der Waals surface area contributed by atoms with Crippen LogP contribution in [-0.4, -0.2) is 27.6 Å². The zero-order chi connectivity index (χ0) is 16.4. The molecule has 0 fully saturated rings. The average Bonchev–Trinajstić information content (AvgIpc) is 2.34. The molecule has 114 valence electrons. The number of carbonyl (C=O) groups is 2. The SMILES string of the molecule is CC(C)(C)OC(=O)C(N)c1ccc(C(=O)O)c([N+](=O)[O-])c1. The number of rotatable bonds is 4. The van der Waals surface area contributed by atoms with Gasteiger partial charge in [0.2, 0.25) is 0 Å². The summed E-state index contributed by atoms with van der Waals surface area (Å²) in [6.45, 7) is 4.98. The summed E-state index contributed by atoms with van der Waals surface area (Å²) in [5.74, 6) is -2.18. The maximum atomic E-state index is 11.8. The topological polar surface area (TPSA) is 133 Å². The van der Waals surface area contributed by atoms with E-state index >= 15 is 0 Å². The van der Waals surface area contributed by atoms with Gasteiger partial charge in [-0.15, -0.1) is 0 Å². The van der Waals surface area contributed by atoms with Crippen LogP contribution in [0.5, 0.6) is 0 Å². The van der Waals surface area contributed by atoms with Crippen LogP contribution in [0.1, 0.15) is 42.7 Å². The van der Waals surface area contributed by atoms with Crippen molar-refractivity contribution < 1.29 is 24.4 Å². The molecule has 1 rings (SSSR count). The zero-order valence-corrected chi connectivity index (χ0v) is 11.8. The Balaban J connectivity index is 3.15. The molecule has 21 heavy (non-hydrogen) atoms. The first kappa shape index (κ1) is 16.6. The Hall–Kier alpha value is -2.48. The first-order chi connectivity index (χ1) is 9.53. The van der Waals surface area contributed by atoms with Gasteiger partial charge in [0.05, 0.1) is 4.92 Å². The van der Waals surface area contributed by atoms with E-state index in [0.717, 1.165) is 12.1 Å². The zero-order valence-electron chi connectivity index (χ0n) is 11.8. The molecule has 1 unspecified atom stereocenters. The summed E-state index contributed by atoms with van der Waals surface area (Å²) >= 11 is 0. The number of carbonyl (C=O) groups excluding carboxylic acids is 1. The summed E-state index contributed by atoms with van der Waals surface area (Å²) in [4.78, 5) is 32.8. The van der Waals surface area contributed by atoms with Gasteiger partial charge in [0.15, 0.2) is 0 Å². The molecule has 0 aliphatic carbocycles. The van der Waals surface area contributed by atoms with Crippen LogP contribution in [0, 0.1) is 10.1 Å². The molecule has 0 amide bonds. The Morgan fingerprint density at radius 3 is 2.38 bits per heavy atom. The fourth-order valence-electron chi connectivity index (χ4n) is 1.58. The highest BCUT2D eigenvalue weighted by Gasteiger charge is 2.27. The average molecular weight is 296 g/mol. The monoisotopic (exact) mass is 296 g/mol. The smallest absolute Gasteiger partial charge is 0.342 e. The summed E-state index contributed by atoms with van der Waals surface area (Å²) in [6, 6.07) is 2.04. The van der Waals surface area contributed by atoms with E-state index in [0.29, 0.717) is 0 Å². The lowest BCUT2D eigenvalue weighted by atomic mass is 10.0. The number of nitrogens with zero attached hydrogens (tertiary/aromatic N) is 1. The van der Waals surface area contributed by atoms with Crippen molar-refractivity contribution in [2.24, 2.45) is 5.73 Å². The van der Waals surface area contributed by atoms with Crippen molar-refractivity contribution in [3.05, 3.63) is 39.4 Å². The molecule has 1 aromatic rings. The summed E-state index contributed by atoms with van der Waals surface area (Å²) in [7, 11) is 0. The van der Waals surface area contributed by atoms with Gasteiger partial charge in [0, 0.05) is 6.07 Å². The van der Waals surface area contributed by atoms with Crippen molar-refractivity contribution in [3.63, 3.8) is 0 Å². The molecule has 1 atom stereocenters. The number of hydrogen-bond acceptors (Lipinski definition) is 6. The fraction of sp³-hybridized carbons (Fsp3) is 0.385. The maximum Gasteiger partial charge on any atom is 0.342 e. The van der Waals surface area contributed by atoms with Crippen LogP contribution in [0.15, 0.2) is 18.2 Å². The Bertz CT molecular complexity index is 591. The minimum atomic E-state index is -1.43. The number of hydrogen-bond donors (Lipinski definition) is 2. The summed E-state index contributed by atoms with van der Waals surface area (Å²) < 4.78 is 5.08. The number of carboxylic acid groups (broad SMARTS) is 1. The second-order valence-electron chi connectivity index (χ2n) is 5.35. The van der Waals surface area contributed by atoms with Crippen molar-refractivity contribution >= 4 is 17.6 Å². The van der Waals surface area contributed by atoms with Crippen molar-refractivity contribution in [1.29, 1.82) is 0 Å². The van der Waals surface area contributed by atoms with E-state index in [1.807, 2.05) is 0 Å². The first-order valence-corrected chi connectivity index (χ1v) is 6.03. The van der Waals surface area contributed by atoms with E-state index < -0.39 is 39.8 Å². The van der Waals surface area contributed by atoms with Gasteiger partial charge < -0.3 is 15.6 Å². The van der Waals surface area contributed by atoms with E-state index in [1.165, 1.54) is 6.07 Å². The number of nitrogens with two attached hydrogens (primary N) is 1.